The molecule has 2 rings (SSSR count). The largest absolute Gasteiger partial charge is 0.497 e. The highest BCUT2D eigenvalue weighted by Crippen LogP contribution is 2.30. The Morgan fingerprint density at radius 3 is 2.15 bits per heavy atom. The molecule has 0 saturated carbocycles. The lowest BCUT2D eigenvalue weighted by atomic mass is 10.2. The van der Waals surface area contributed by atoms with E-state index in [0.29, 0.717) is 33.5 Å². The quantitative estimate of drug-likeness (QED) is 0.756. The summed E-state index contributed by atoms with van der Waals surface area (Å²) in [6.45, 7) is 1.60. The first-order valence-electron chi connectivity index (χ1n) is 8.03. The summed E-state index contributed by atoms with van der Waals surface area (Å²) in [7, 11) is 4.46. The van der Waals surface area contributed by atoms with E-state index >= 15 is 0 Å². The Kier molecular flexibility index (Phi) is 6.90. The Labute approximate surface area is 162 Å². The minimum atomic E-state index is -0.429. The summed E-state index contributed by atoms with van der Waals surface area (Å²) >= 11 is 6.05. The molecule has 0 aliphatic heterocycles. The highest BCUT2D eigenvalue weighted by Gasteiger charge is 2.13. The van der Waals surface area contributed by atoms with Crippen LogP contribution in [0.3, 0.4) is 0 Å². The van der Waals surface area contributed by atoms with Crippen LogP contribution in [0.25, 0.3) is 0 Å². The zero-order valence-electron chi connectivity index (χ0n) is 15.5. The fourth-order valence-corrected chi connectivity index (χ4v) is 2.48. The molecule has 0 aliphatic carbocycles. The van der Waals surface area contributed by atoms with Crippen LogP contribution in [0.1, 0.15) is 15.9 Å². The first kappa shape index (κ1) is 20.4. The second-order valence-corrected chi connectivity index (χ2v) is 6.04. The molecule has 0 bridgehead atoms. The van der Waals surface area contributed by atoms with Gasteiger partial charge in [-0.05, 0) is 30.7 Å². The fourth-order valence-electron chi connectivity index (χ4n) is 2.33. The zero-order valence-corrected chi connectivity index (χ0v) is 16.3. The molecule has 0 spiro atoms. The predicted octanol–water partition coefficient (Wildman–Crippen LogP) is 3.04. The SMILES string of the molecule is COc1cc(OC)cc(C(=O)NCC(=O)Nc2cc(C)c(Cl)cc2OC)c1. The third-order valence-electron chi connectivity index (χ3n) is 3.78. The summed E-state index contributed by atoms with van der Waals surface area (Å²) in [5, 5.41) is 5.78. The molecule has 144 valence electrons. The molecule has 2 aromatic carbocycles. The van der Waals surface area contributed by atoms with Gasteiger partial charge in [-0.2, -0.15) is 0 Å². The van der Waals surface area contributed by atoms with Gasteiger partial charge in [-0.15, -0.1) is 0 Å². The number of hydrogen-bond donors (Lipinski definition) is 2. The number of amides is 2. The monoisotopic (exact) mass is 392 g/mol. The number of ether oxygens (including phenoxy) is 3. The van der Waals surface area contributed by atoms with Crippen molar-refractivity contribution in [2.75, 3.05) is 33.2 Å². The number of anilines is 1. The van der Waals surface area contributed by atoms with E-state index < -0.39 is 11.8 Å². The number of aryl methyl sites for hydroxylation is 1. The van der Waals surface area contributed by atoms with Gasteiger partial charge in [0.2, 0.25) is 5.91 Å². The van der Waals surface area contributed by atoms with Crippen molar-refractivity contribution in [1.29, 1.82) is 0 Å². The van der Waals surface area contributed by atoms with Gasteiger partial charge in [-0.3, -0.25) is 9.59 Å². The second-order valence-electron chi connectivity index (χ2n) is 5.63. The molecular weight excluding hydrogens is 372 g/mol. The molecule has 27 heavy (non-hydrogen) atoms. The Morgan fingerprint density at radius 1 is 0.963 bits per heavy atom. The van der Waals surface area contributed by atoms with Crippen LogP contribution in [0.15, 0.2) is 30.3 Å². The van der Waals surface area contributed by atoms with Crippen LogP contribution in [-0.4, -0.2) is 39.7 Å². The van der Waals surface area contributed by atoms with Crippen molar-refractivity contribution in [3.63, 3.8) is 0 Å². The van der Waals surface area contributed by atoms with Crippen molar-refractivity contribution in [1.82, 2.24) is 5.32 Å². The normalized spacial score (nSPS) is 10.1. The van der Waals surface area contributed by atoms with E-state index in [0.717, 1.165) is 5.56 Å². The molecular formula is C19H21ClN2O5. The summed E-state index contributed by atoms with van der Waals surface area (Å²) in [4.78, 5) is 24.5. The average molecular weight is 393 g/mol. The van der Waals surface area contributed by atoms with Gasteiger partial charge in [-0.1, -0.05) is 11.6 Å². The van der Waals surface area contributed by atoms with Crippen molar-refractivity contribution in [3.05, 3.63) is 46.5 Å². The molecule has 7 nitrogen and oxygen atoms in total. The Balaban J connectivity index is 2.04. The Bertz CT molecular complexity index is 832. The minimum absolute atomic E-state index is 0.219. The lowest BCUT2D eigenvalue weighted by Gasteiger charge is -2.13. The topological polar surface area (TPSA) is 85.9 Å². The summed E-state index contributed by atoms with van der Waals surface area (Å²) in [6, 6.07) is 8.09. The number of halogens is 1. The van der Waals surface area contributed by atoms with Crippen LogP contribution in [0.4, 0.5) is 5.69 Å². The van der Waals surface area contributed by atoms with E-state index in [4.69, 9.17) is 25.8 Å². The third kappa shape index (κ3) is 5.27. The van der Waals surface area contributed by atoms with Gasteiger partial charge in [0, 0.05) is 22.7 Å². The number of nitrogens with one attached hydrogen (secondary N) is 2. The smallest absolute Gasteiger partial charge is 0.251 e. The molecule has 0 unspecified atom stereocenters. The number of rotatable bonds is 7. The van der Waals surface area contributed by atoms with Crippen LogP contribution in [-0.2, 0) is 4.79 Å². The third-order valence-corrected chi connectivity index (χ3v) is 4.19. The maximum Gasteiger partial charge on any atom is 0.251 e. The van der Waals surface area contributed by atoms with Crippen molar-refractivity contribution in [2.24, 2.45) is 0 Å². The molecule has 8 heteroatoms. The van der Waals surface area contributed by atoms with Crippen molar-refractivity contribution < 1.29 is 23.8 Å². The van der Waals surface area contributed by atoms with E-state index in [1.165, 1.54) is 21.3 Å². The molecule has 2 aromatic rings. The van der Waals surface area contributed by atoms with E-state index in [2.05, 4.69) is 10.6 Å². The molecule has 0 atom stereocenters. The second kappa shape index (κ2) is 9.14. The summed E-state index contributed by atoms with van der Waals surface area (Å²) < 4.78 is 15.5. The Hall–Kier alpha value is -2.93. The standard InChI is InChI=1S/C19H21ClN2O5/c1-11-5-16(17(27-4)9-15(11)20)22-18(23)10-21-19(24)12-6-13(25-2)8-14(7-12)26-3/h5-9H,10H2,1-4H3,(H,21,24)(H,22,23). The van der Waals surface area contributed by atoms with E-state index in [1.54, 1.807) is 30.3 Å². The minimum Gasteiger partial charge on any atom is -0.497 e. The Morgan fingerprint density at radius 2 is 1.59 bits per heavy atom. The van der Waals surface area contributed by atoms with E-state index in [9.17, 15) is 9.59 Å². The lowest BCUT2D eigenvalue weighted by molar-refractivity contribution is -0.115. The average Bonchev–Trinajstić information content (AvgIpc) is 2.68. The number of benzene rings is 2. The predicted molar refractivity (Wildman–Crippen MR) is 103 cm³/mol. The van der Waals surface area contributed by atoms with Gasteiger partial charge in [0.05, 0.1) is 33.6 Å². The van der Waals surface area contributed by atoms with Crippen LogP contribution in [0.2, 0.25) is 5.02 Å². The zero-order chi connectivity index (χ0) is 20.0. The number of hydrogen-bond acceptors (Lipinski definition) is 5. The van der Waals surface area contributed by atoms with Crippen LogP contribution in [0, 0.1) is 6.92 Å². The highest BCUT2D eigenvalue weighted by atomic mass is 35.5. The molecule has 0 heterocycles. The first-order valence-corrected chi connectivity index (χ1v) is 8.41. The maximum atomic E-state index is 12.3. The van der Waals surface area contributed by atoms with Crippen LogP contribution < -0.4 is 24.8 Å². The van der Waals surface area contributed by atoms with Gasteiger partial charge in [0.15, 0.2) is 0 Å². The van der Waals surface area contributed by atoms with Crippen molar-refractivity contribution >= 4 is 29.1 Å². The number of carbonyl (C=O) groups excluding carboxylic acids is 2. The fraction of sp³-hybridized carbons (Fsp3) is 0.263. The van der Waals surface area contributed by atoms with Gasteiger partial charge in [-0.25, -0.2) is 0 Å². The van der Waals surface area contributed by atoms with Gasteiger partial charge < -0.3 is 24.8 Å². The molecule has 2 amide bonds. The van der Waals surface area contributed by atoms with Crippen molar-refractivity contribution in [3.8, 4) is 17.2 Å². The van der Waals surface area contributed by atoms with Gasteiger partial charge >= 0.3 is 0 Å². The highest BCUT2D eigenvalue weighted by molar-refractivity contribution is 6.31. The van der Waals surface area contributed by atoms with E-state index in [1.807, 2.05) is 6.92 Å². The maximum absolute atomic E-state index is 12.3. The molecule has 0 saturated heterocycles. The van der Waals surface area contributed by atoms with Crippen molar-refractivity contribution in [2.45, 2.75) is 6.92 Å². The molecule has 0 radical (unpaired) electrons. The van der Waals surface area contributed by atoms with Gasteiger partial charge in [0.25, 0.3) is 5.91 Å². The summed E-state index contributed by atoms with van der Waals surface area (Å²) in [5.74, 6) is 0.554. The molecule has 2 N–H and O–H groups in total. The summed E-state index contributed by atoms with van der Waals surface area (Å²) in [5.41, 5.74) is 1.58. The number of carbonyl (C=O) groups is 2. The van der Waals surface area contributed by atoms with E-state index in [-0.39, 0.29) is 6.54 Å². The summed E-state index contributed by atoms with van der Waals surface area (Å²) in [6.07, 6.45) is 0. The lowest BCUT2D eigenvalue weighted by Crippen LogP contribution is -2.33. The number of methoxy groups -OCH3 is 3. The molecule has 0 fully saturated rings. The van der Waals surface area contributed by atoms with Crippen LogP contribution in [0.5, 0.6) is 17.2 Å². The van der Waals surface area contributed by atoms with Gasteiger partial charge in [0.1, 0.15) is 17.2 Å². The molecule has 0 aromatic heterocycles. The first-order chi connectivity index (χ1) is 12.9. The molecule has 0 aliphatic rings. The van der Waals surface area contributed by atoms with Crippen LogP contribution >= 0.6 is 11.6 Å².